The monoisotopic (exact) mass is 245 g/mol. The number of hydrogen-bond donors (Lipinski definition) is 0. The van der Waals surface area contributed by atoms with Crippen molar-refractivity contribution in [3.05, 3.63) is 30.2 Å². The Morgan fingerprint density at radius 3 is 2.94 bits per heavy atom. The van der Waals surface area contributed by atoms with Crippen molar-refractivity contribution in [3.63, 3.8) is 0 Å². The number of nitrogens with zero attached hydrogens (tertiary/aromatic N) is 5. The molecule has 6 nitrogen and oxygen atoms in total. The zero-order chi connectivity index (χ0) is 12.4. The maximum Gasteiger partial charge on any atom is 0.226 e. The summed E-state index contributed by atoms with van der Waals surface area (Å²) < 4.78 is 5.18. The van der Waals surface area contributed by atoms with E-state index in [0.717, 1.165) is 37.6 Å². The molecule has 2 aromatic heterocycles. The predicted molar refractivity (Wildman–Crippen MR) is 65.0 cm³/mol. The van der Waals surface area contributed by atoms with Crippen LogP contribution in [-0.4, -0.2) is 26.7 Å². The average Bonchev–Trinajstić information content (AvgIpc) is 3.08. The van der Waals surface area contributed by atoms with E-state index in [4.69, 9.17) is 4.52 Å². The molecule has 1 unspecified atom stereocenters. The second kappa shape index (κ2) is 4.72. The summed E-state index contributed by atoms with van der Waals surface area (Å²) in [4.78, 5) is 15.1. The Morgan fingerprint density at radius 1 is 1.39 bits per heavy atom. The molecular formula is C12H15N5O. The second-order valence-corrected chi connectivity index (χ2v) is 4.30. The Bertz CT molecular complexity index is 512. The topological polar surface area (TPSA) is 67.9 Å². The molecule has 3 heterocycles. The Balaban J connectivity index is 1.87. The molecule has 0 N–H and O–H groups in total. The molecule has 0 amide bonds. The van der Waals surface area contributed by atoms with Gasteiger partial charge in [-0.25, -0.2) is 9.97 Å². The second-order valence-electron chi connectivity index (χ2n) is 4.30. The van der Waals surface area contributed by atoms with Crippen LogP contribution in [0.25, 0.3) is 0 Å². The molecular weight excluding hydrogens is 230 g/mol. The van der Waals surface area contributed by atoms with E-state index in [0.29, 0.717) is 5.89 Å². The third-order valence-electron chi connectivity index (χ3n) is 3.15. The Hall–Kier alpha value is -1.98. The fourth-order valence-corrected chi connectivity index (χ4v) is 2.26. The SMILES string of the molecule is CCc1nc(C2CCCN2c2ncccn2)no1. The van der Waals surface area contributed by atoms with Crippen molar-refractivity contribution in [3.8, 4) is 0 Å². The molecule has 0 spiro atoms. The lowest BCUT2D eigenvalue weighted by Gasteiger charge is -2.21. The number of rotatable bonds is 3. The van der Waals surface area contributed by atoms with Gasteiger partial charge >= 0.3 is 0 Å². The van der Waals surface area contributed by atoms with Gasteiger partial charge in [0.05, 0.1) is 6.04 Å². The van der Waals surface area contributed by atoms with Crippen LogP contribution in [0, 0.1) is 0 Å². The van der Waals surface area contributed by atoms with Gasteiger partial charge in [0, 0.05) is 25.4 Å². The van der Waals surface area contributed by atoms with Crippen molar-refractivity contribution in [1.82, 2.24) is 20.1 Å². The van der Waals surface area contributed by atoms with Crippen LogP contribution in [0.4, 0.5) is 5.95 Å². The first-order chi connectivity index (χ1) is 8.88. The van der Waals surface area contributed by atoms with E-state index in [9.17, 15) is 0 Å². The molecule has 0 saturated carbocycles. The Morgan fingerprint density at radius 2 is 2.22 bits per heavy atom. The minimum atomic E-state index is 0.136. The van der Waals surface area contributed by atoms with Gasteiger partial charge in [0.2, 0.25) is 11.8 Å². The van der Waals surface area contributed by atoms with Gasteiger partial charge in [-0.15, -0.1) is 0 Å². The molecule has 6 heteroatoms. The van der Waals surface area contributed by atoms with Gasteiger partial charge in [-0.1, -0.05) is 12.1 Å². The fourth-order valence-electron chi connectivity index (χ4n) is 2.26. The number of aryl methyl sites for hydroxylation is 1. The summed E-state index contributed by atoms with van der Waals surface area (Å²) in [5.74, 6) is 2.17. The van der Waals surface area contributed by atoms with E-state index in [2.05, 4.69) is 25.0 Å². The first-order valence-electron chi connectivity index (χ1n) is 6.24. The summed E-state index contributed by atoms with van der Waals surface area (Å²) in [6.07, 6.45) is 6.39. The van der Waals surface area contributed by atoms with Gasteiger partial charge in [-0.05, 0) is 18.9 Å². The van der Waals surface area contributed by atoms with Gasteiger partial charge in [0.15, 0.2) is 5.82 Å². The van der Waals surface area contributed by atoms with E-state index < -0.39 is 0 Å². The van der Waals surface area contributed by atoms with E-state index in [1.165, 1.54) is 0 Å². The van der Waals surface area contributed by atoms with Gasteiger partial charge < -0.3 is 9.42 Å². The molecule has 0 bridgehead atoms. The normalized spacial score (nSPS) is 19.4. The van der Waals surface area contributed by atoms with Gasteiger partial charge in [0.25, 0.3) is 0 Å². The first-order valence-corrected chi connectivity index (χ1v) is 6.24. The number of hydrogen-bond acceptors (Lipinski definition) is 6. The highest BCUT2D eigenvalue weighted by atomic mass is 16.5. The molecule has 2 aromatic rings. The minimum absolute atomic E-state index is 0.136. The van der Waals surface area contributed by atoms with Gasteiger partial charge in [-0.3, -0.25) is 0 Å². The van der Waals surface area contributed by atoms with Crippen LogP contribution < -0.4 is 4.90 Å². The van der Waals surface area contributed by atoms with Crippen molar-refractivity contribution in [2.45, 2.75) is 32.2 Å². The smallest absolute Gasteiger partial charge is 0.226 e. The number of anilines is 1. The predicted octanol–water partition coefficient (Wildman–Crippen LogP) is 1.76. The summed E-state index contributed by atoms with van der Waals surface area (Å²) in [5, 5.41) is 4.06. The van der Waals surface area contributed by atoms with Crippen LogP contribution >= 0.6 is 0 Å². The molecule has 0 aromatic carbocycles. The number of aromatic nitrogens is 4. The third kappa shape index (κ3) is 1.94. The highest BCUT2D eigenvalue weighted by Crippen LogP contribution is 2.32. The lowest BCUT2D eigenvalue weighted by atomic mass is 10.2. The molecule has 1 aliphatic rings. The van der Waals surface area contributed by atoms with Crippen molar-refractivity contribution >= 4 is 5.95 Å². The van der Waals surface area contributed by atoms with Gasteiger partial charge in [-0.2, -0.15) is 4.98 Å². The summed E-state index contributed by atoms with van der Waals surface area (Å²) in [7, 11) is 0. The maximum atomic E-state index is 5.18. The van der Waals surface area contributed by atoms with Crippen LogP contribution in [0.3, 0.4) is 0 Å². The fraction of sp³-hybridized carbons (Fsp3) is 0.500. The molecule has 1 atom stereocenters. The minimum Gasteiger partial charge on any atom is -0.339 e. The average molecular weight is 245 g/mol. The van der Waals surface area contributed by atoms with E-state index >= 15 is 0 Å². The standard InChI is InChI=1S/C12H15N5O/c1-2-10-15-11(16-18-10)9-5-3-8-17(9)12-13-6-4-7-14-12/h4,6-7,9H,2-3,5,8H2,1H3. The molecule has 3 rings (SSSR count). The summed E-state index contributed by atoms with van der Waals surface area (Å²) in [5.41, 5.74) is 0. The van der Waals surface area contributed by atoms with Crippen molar-refractivity contribution in [2.75, 3.05) is 11.4 Å². The van der Waals surface area contributed by atoms with Crippen LogP contribution in [0.2, 0.25) is 0 Å². The van der Waals surface area contributed by atoms with Crippen LogP contribution in [-0.2, 0) is 6.42 Å². The highest BCUT2D eigenvalue weighted by molar-refractivity contribution is 5.34. The molecule has 18 heavy (non-hydrogen) atoms. The zero-order valence-corrected chi connectivity index (χ0v) is 10.3. The summed E-state index contributed by atoms with van der Waals surface area (Å²) in [6.45, 7) is 2.94. The highest BCUT2D eigenvalue weighted by Gasteiger charge is 2.31. The van der Waals surface area contributed by atoms with E-state index in [1.54, 1.807) is 12.4 Å². The summed E-state index contributed by atoms with van der Waals surface area (Å²) in [6, 6.07) is 1.95. The lowest BCUT2D eigenvalue weighted by Crippen LogP contribution is -2.25. The molecule has 94 valence electrons. The van der Waals surface area contributed by atoms with E-state index in [1.807, 2.05) is 13.0 Å². The molecule has 1 fully saturated rings. The Labute approximate surface area is 105 Å². The van der Waals surface area contributed by atoms with Crippen molar-refractivity contribution < 1.29 is 4.52 Å². The van der Waals surface area contributed by atoms with Crippen molar-refractivity contribution in [2.24, 2.45) is 0 Å². The maximum absolute atomic E-state index is 5.18. The molecule has 0 aliphatic carbocycles. The Kier molecular flexibility index (Phi) is 2.92. The zero-order valence-electron chi connectivity index (χ0n) is 10.3. The van der Waals surface area contributed by atoms with Crippen LogP contribution in [0.5, 0.6) is 0 Å². The molecule has 0 radical (unpaired) electrons. The third-order valence-corrected chi connectivity index (χ3v) is 3.15. The van der Waals surface area contributed by atoms with Crippen LogP contribution in [0.15, 0.2) is 23.0 Å². The van der Waals surface area contributed by atoms with Crippen molar-refractivity contribution in [1.29, 1.82) is 0 Å². The van der Waals surface area contributed by atoms with Gasteiger partial charge in [0.1, 0.15) is 0 Å². The lowest BCUT2D eigenvalue weighted by molar-refractivity contribution is 0.373. The first kappa shape index (κ1) is 11.1. The molecule has 1 aliphatic heterocycles. The quantitative estimate of drug-likeness (QED) is 0.820. The molecule has 1 saturated heterocycles. The largest absolute Gasteiger partial charge is 0.339 e. The summed E-state index contributed by atoms with van der Waals surface area (Å²) >= 11 is 0. The van der Waals surface area contributed by atoms with Crippen LogP contribution in [0.1, 0.15) is 37.5 Å². The van der Waals surface area contributed by atoms with E-state index in [-0.39, 0.29) is 6.04 Å².